The molecule has 0 saturated heterocycles. The van der Waals surface area contributed by atoms with Gasteiger partial charge in [0.15, 0.2) is 11.0 Å². The average molecular weight is 437 g/mol. The lowest BCUT2D eigenvalue weighted by Crippen LogP contribution is -2.22. The Kier molecular flexibility index (Phi) is 6.08. The van der Waals surface area contributed by atoms with E-state index in [2.05, 4.69) is 10.1 Å². The number of hydrogen-bond acceptors (Lipinski definition) is 7. The second-order valence-corrected chi connectivity index (χ2v) is 8.67. The number of thioether (sulfide) groups is 1. The minimum atomic E-state index is -0.196. The van der Waals surface area contributed by atoms with Crippen molar-refractivity contribution in [3.63, 3.8) is 0 Å². The summed E-state index contributed by atoms with van der Waals surface area (Å²) in [4.78, 5) is 22.8. The standard InChI is InChI=1S/C23H24N4O3S/c1-5-29-19-13-9-8-12-18(19)27-22(28)16-10-6-7-11-17(16)24-23(27)31-15(4)21-25-20(14(2)3)26-30-21/h6-15H,5H2,1-4H3/t15-/m0/s1. The lowest BCUT2D eigenvalue weighted by molar-refractivity contribution is 0.338. The van der Waals surface area contributed by atoms with Crippen molar-refractivity contribution in [3.8, 4) is 11.4 Å². The average Bonchev–Trinajstić information content (AvgIpc) is 3.26. The molecule has 0 N–H and O–H groups in total. The minimum Gasteiger partial charge on any atom is -0.492 e. The zero-order valence-electron chi connectivity index (χ0n) is 17.9. The lowest BCUT2D eigenvalue weighted by atomic mass is 10.2. The monoisotopic (exact) mass is 436 g/mol. The molecule has 2 aromatic heterocycles. The number of fused-ring (bicyclic) bond motifs is 1. The van der Waals surface area contributed by atoms with Gasteiger partial charge in [0, 0.05) is 5.92 Å². The molecule has 160 valence electrons. The largest absolute Gasteiger partial charge is 0.492 e. The molecule has 0 fully saturated rings. The van der Waals surface area contributed by atoms with Crippen LogP contribution in [-0.2, 0) is 0 Å². The van der Waals surface area contributed by atoms with Gasteiger partial charge < -0.3 is 9.26 Å². The van der Waals surface area contributed by atoms with Crippen LogP contribution in [0.2, 0.25) is 0 Å². The Morgan fingerprint density at radius 2 is 1.81 bits per heavy atom. The summed E-state index contributed by atoms with van der Waals surface area (Å²) in [5.74, 6) is 1.96. The Labute approximate surface area is 184 Å². The van der Waals surface area contributed by atoms with Crippen molar-refractivity contribution in [3.05, 3.63) is 70.6 Å². The topological polar surface area (TPSA) is 83.0 Å². The summed E-state index contributed by atoms with van der Waals surface area (Å²) in [6.07, 6.45) is 0. The molecule has 0 aliphatic carbocycles. The van der Waals surface area contributed by atoms with Crippen LogP contribution in [0.15, 0.2) is 63.0 Å². The third-order valence-corrected chi connectivity index (χ3v) is 5.79. The summed E-state index contributed by atoms with van der Waals surface area (Å²) in [6, 6.07) is 14.8. The van der Waals surface area contributed by atoms with Crippen LogP contribution in [-0.4, -0.2) is 26.3 Å². The van der Waals surface area contributed by atoms with E-state index < -0.39 is 0 Å². The van der Waals surface area contributed by atoms with Gasteiger partial charge in [-0.15, -0.1) is 0 Å². The second-order valence-electron chi connectivity index (χ2n) is 7.36. The molecule has 2 heterocycles. The number of ether oxygens (including phenoxy) is 1. The fourth-order valence-corrected chi connectivity index (χ4v) is 4.13. The molecule has 0 saturated carbocycles. The van der Waals surface area contributed by atoms with Crippen molar-refractivity contribution in [1.82, 2.24) is 19.7 Å². The minimum absolute atomic E-state index is 0.152. The molecule has 0 bridgehead atoms. The van der Waals surface area contributed by atoms with E-state index in [0.29, 0.717) is 45.8 Å². The van der Waals surface area contributed by atoms with Gasteiger partial charge in [0.05, 0.1) is 28.4 Å². The fraction of sp³-hybridized carbons (Fsp3) is 0.304. The predicted octanol–water partition coefficient (Wildman–Crippen LogP) is 5.14. The van der Waals surface area contributed by atoms with E-state index in [1.807, 2.05) is 70.2 Å². The Hall–Kier alpha value is -3.13. The Morgan fingerprint density at radius 1 is 1.06 bits per heavy atom. The first kappa shape index (κ1) is 21.1. The van der Waals surface area contributed by atoms with Gasteiger partial charge in [-0.25, -0.2) is 4.98 Å². The molecule has 0 aliphatic heterocycles. The quantitative estimate of drug-likeness (QED) is 0.293. The van der Waals surface area contributed by atoms with Gasteiger partial charge in [0.2, 0.25) is 5.89 Å². The van der Waals surface area contributed by atoms with E-state index in [-0.39, 0.29) is 16.7 Å². The molecule has 0 aliphatic rings. The highest BCUT2D eigenvalue weighted by molar-refractivity contribution is 7.99. The van der Waals surface area contributed by atoms with Gasteiger partial charge in [0.1, 0.15) is 5.75 Å². The van der Waals surface area contributed by atoms with E-state index in [1.54, 1.807) is 10.6 Å². The molecule has 7 nitrogen and oxygen atoms in total. The summed E-state index contributed by atoms with van der Waals surface area (Å²) >= 11 is 1.40. The van der Waals surface area contributed by atoms with Crippen molar-refractivity contribution in [1.29, 1.82) is 0 Å². The van der Waals surface area contributed by atoms with Crippen LogP contribution in [0.25, 0.3) is 16.6 Å². The van der Waals surface area contributed by atoms with Crippen LogP contribution in [0.5, 0.6) is 5.75 Å². The molecule has 4 aromatic rings. The lowest BCUT2D eigenvalue weighted by Gasteiger charge is -2.17. The van der Waals surface area contributed by atoms with Gasteiger partial charge >= 0.3 is 0 Å². The summed E-state index contributed by atoms with van der Waals surface area (Å²) in [5, 5.41) is 4.94. The van der Waals surface area contributed by atoms with Crippen LogP contribution < -0.4 is 10.3 Å². The predicted molar refractivity (Wildman–Crippen MR) is 121 cm³/mol. The van der Waals surface area contributed by atoms with Crippen molar-refractivity contribution in [2.24, 2.45) is 0 Å². The normalized spacial score (nSPS) is 12.4. The Bertz CT molecular complexity index is 1270. The zero-order valence-corrected chi connectivity index (χ0v) is 18.7. The van der Waals surface area contributed by atoms with Crippen LogP contribution in [0.4, 0.5) is 0 Å². The number of nitrogens with zero attached hydrogens (tertiary/aromatic N) is 4. The van der Waals surface area contributed by atoms with E-state index in [4.69, 9.17) is 14.2 Å². The molecule has 0 spiro atoms. The molecule has 2 aromatic carbocycles. The van der Waals surface area contributed by atoms with Gasteiger partial charge in [-0.05, 0) is 38.1 Å². The molecular formula is C23H24N4O3S. The van der Waals surface area contributed by atoms with Crippen LogP contribution >= 0.6 is 11.8 Å². The van der Waals surface area contributed by atoms with Crippen molar-refractivity contribution in [2.75, 3.05) is 6.61 Å². The highest BCUT2D eigenvalue weighted by Crippen LogP contribution is 2.35. The van der Waals surface area contributed by atoms with E-state index >= 15 is 0 Å². The zero-order chi connectivity index (χ0) is 22.0. The molecule has 4 rings (SSSR count). The summed E-state index contributed by atoms with van der Waals surface area (Å²) in [6.45, 7) is 8.39. The number of hydrogen-bond donors (Lipinski definition) is 0. The Balaban J connectivity index is 1.86. The number of rotatable bonds is 7. The van der Waals surface area contributed by atoms with E-state index in [0.717, 1.165) is 0 Å². The molecule has 0 radical (unpaired) electrons. The highest BCUT2D eigenvalue weighted by atomic mass is 32.2. The maximum atomic E-state index is 13.5. The molecule has 31 heavy (non-hydrogen) atoms. The first-order valence-electron chi connectivity index (χ1n) is 10.2. The number of benzene rings is 2. The van der Waals surface area contributed by atoms with Crippen LogP contribution in [0.3, 0.4) is 0 Å². The van der Waals surface area contributed by atoms with Crippen molar-refractivity contribution < 1.29 is 9.26 Å². The summed E-state index contributed by atoms with van der Waals surface area (Å²) in [5.41, 5.74) is 1.14. The van der Waals surface area contributed by atoms with Crippen molar-refractivity contribution >= 4 is 22.7 Å². The van der Waals surface area contributed by atoms with Gasteiger partial charge in [-0.2, -0.15) is 4.98 Å². The molecular weight excluding hydrogens is 412 g/mol. The van der Waals surface area contributed by atoms with Gasteiger partial charge in [-0.3, -0.25) is 9.36 Å². The smallest absolute Gasteiger partial charge is 0.266 e. The van der Waals surface area contributed by atoms with E-state index in [1.165, 1.54) is 11.8 Å². The number of aromatic nitrogens is 4. The maximum absolute atomic E-state index is 13.5. The highest BCUT2D eigenvalue weighted by Gasteiger charge is 2.22. The summed E-state index contributed by atoms with van der Waals surface area (Å²) in [7, 11) is 0. The Morgan fingerprint density at radius 3 is 2.55 bits per heavy atom. The first-order chi connectivity index (χ1) is 15.0. The van der Waals surface area contributed by atoms with Crippen molar-refractivity contribution in [2.45, 2.75) is 44.0 Å². The van der Waals surface area contributed by atoms with Gasteiger partial charge in [-0.1, -0.05) is 55.0 Å². The van der Waals surface area contributed by atoms with Crippen LogP contribution in [0, 0.1) is 0 Å². The molecule has 0 unspecified atom stereocenters. The third kappa shape index (κ3) is 4.20. The molecule has 8 heteroatoms. The maximum Gasteiger partial charge on any atom is 0.266 e. The van der Waals surface area contributed by atoms with Crippen LogP contribution in [0.1, 0.15) is 50.6 Å². The molecule has 1 atom stereocenters. The summed E-state index contributed by atoms with van der Waals surface area (Å²) < 4.78 is 12.9. The third-order valence-electron chi connectivity index (χ3n) is 4.75. The first-order valence-corrected chi connectivity index (χ1v) is 11.1. The van der Waals surface area contributed by atoms with E-state index in [9.17, 15) is 4.79 Å². The van der Waals surface area contributed by atoms with Gasteiger partial charge in [0.25, 0.3) is 5.56 Å². The second kappa shape index (κ2) is 8.93. The fourth-order valence-electron chi connectivity index (χ4n) is 3.18. The molecule has 0 amide bonds. The number of para-hydroxylation sites is 3. The SMILES string of the molecule is CCOc1ccccc1-n1c(S[C@@H](C)c2nc(C(C)C)no2)nc2ccccc2c1=O.